The second kappa shape index (κ2) is 4.06. The predicted molar refractivity (Wildman–Crippen MR) is 63.3 cm³/mol. The first-order valence-corrected chi connectivity index (χ1v) is 6.20. The minimum absolute atomic E-state index is 0.330. The minimum atomic E-state index is 0.330. The molecule has 2 rings (SSSR count). The average molecular weight is 226 g/mol. The summed E-state index contributed by atoms with van der Waals surface area (Å²) in [6.45, 7) is 7.17. The van der Waals surface area contributed by atoms with Crippen LogP contribution in [0.1, 0.15) is 24.8 Å². The lowest BCUT2D eigenvalue weighted by molar-refractivity contribution is 0.258. The average Bonchev–Trinajstić information content (AvgIpc) is 2.66. The van der Waals surface area contributed by atoms with Gasteiger partial charge in [-0.25, -0.2) is 0 Å². The van der Waals surface area contributed by atoms with E-state index in [1.54, 1.807) is 11.3 Å². The van der Waals surface area contributed by atoms with Crippen molar-refractivity contribution in [3.05, 3.63) is 5.01 Å². The van der Waals surface area contributed by atoms with Crippen LogP contribution in [-0.2, 0) is 0 Å². The molecule has 1 aliphatic heterocycles. The van der Waals surface area contributed by atoms with Crippen LogP contribution in [0.2, 0.25) is 0 Å². The Hall–Kier alpha value is -0.680. The van der Waals surface area contributed by atoms with Crippen molar-refractivity contribution < 1.29 is 0 Å². The summed E-state index contributed by atoms with van der Waals surface area (Å²) in [7, 11) is 0. The first-order valence-electron chi connectivity index (χ1n) is 5.38. The Kier molecular flexibility index (Phi) is 2.93. The highest BCUT2D eigenvalue weighted by atomic mass is 32.1. The number of nitrogens with zero attached hydrogens (tertiary/aromatic N) is 3. The zero-order chi connectivity index (χ0) is 10.9. The van der Waals surface area contributed by atoms with Gasteiger partial charge in [0.05, 0.1) is 0 Å². The van der Waals surface area contributed by atoms with E-state index < -0.39 is 0 Å². The molecule has 0 unspecified atom stereocenters. The van der Waals surface area contributed by atoms with E-state index in [1.165, 1.54) is 0 Å². The Morgan fingerprint density at radius 3 is 2.53 bits per heavy atom. The van der Waals surface area contributed by atoms with E-state index in [-0.39, 0.29) is 0 Å². The molecule has 2 heterocycles. The van der Waals surface area contributed by atoms with Gasteiger partial charge in [-0.2, -0.15) is 0 Å². The smallest absolute Gasteiger partial charge is 0.208 e. The van der Waals surface area contributed by atoms with Gasteiger partial charge < -0.3 is 10.6 Å². The summed E-state index contributed by atoms with van der Waals surface area (Å²) in [5.41, 5.74) is 6.11. The van der Waals surface area contributed by atoms with Gasteiger partial charge in [0.15, 0.2) is 0 Å². The third kappa shape index (κ3) is 2.29. The molecule has 84 valence electrons. The number of anilines is 1. The van der Waals surface area contributed by atoms with Gasteiger partial charge in [-0.3, -0.25) is 0 Å². The Morgan fingerprint density at radius 2 is 2.07 bits per heavy atom. The molecule has 4 nitrogen and oxygen atoms in total. The van der Waals surface area contributed by atoms with Crippen LogP contribution in [0.15, 0.2) is 0 Å². The van der Waals surface area contributed by atoms with Crippen LogP contribution in [0, 0.1) is 12.3 Å². The summed E-state index contributed by atoms with van der Waals surface area (Å²) in [5.74, 6) is 0. The molecule has 0 amide bonds. The Morgan fingerprint density at radius 1 is 1.40 bits per heavy atom. The molecule has 2 N–H and O–H groups in total. The summed E-state index contributed by atoms with van der Waals surface area (Å²) >= 11 is 1.67. The first kappa shape index (κ1) is 10.8. The second-order valence-electron chi connectivity index (χ2n) is 4.61. The Labute approximate surface area is 94.5 Å². The summed E-state index contributed by atoms with van der Waals surface area (Å²) in [6.07, 6.45) is 2.31. The number of piperidine rings is 1. The number of aromatic nitrogens is 2. The molecule has 0 radical (unpaired) electrons. The fraction of sp³-hybridized carbons (Fsp3) is 0.800. The number of hydrogen-bond acceptors (Lipinski definition) is 5. The van der Waals surface area contributed by atoms with Crippen LogP contribution in [0.4, 0.5) is 5.13 Å². The van der Waals surface area contributed by atoms with Crippen molar-refractivity contribution in [2.24, 2.45) is 11.1 Å². The van der Waals surface area contributed by atoms with Gasteiger partial charge in [0, 0.05) is 13.1 Å². The van der Waals surface area contributed by atoms with Crippen molar-refractivity contribution in [3.8, 4) is 0 Å². The molecular formula is C10H18N4S. The molecule has 5 heteroatoms. The summed E-state index contributed by atoms with van der Waals surface area (Å²) in [6, 6.07) is 0. The van der Waals surface area contributed by atoms with Gasteiger partial charge in [-0.1, -0.05) is 18.3 Å². The van der Waals surface area contributed by atoms with Crippen molar-refractivity contribution in [1.29, 1.82) is 0 Å². The zero-order valence-corrected chi connectivity index (χ0v) is 10.2. The predicted octanol–water partition coefficient (Wildman–Crippen LogP) is 1.41. The standard InChI is InChI=1S/C10H18N4S/c1-8-12-13-9(15-8)14-5-3-10(2,7-11)4-6-14/h3-7,11H2,1-2H3. The van der Waals surface area contributed by atoms with E-state index >= 15 is 0 Å². The molecule has 0 atom stereocenters. The molecule has 0 bridgehead atoms. The van der Waals surface area contributed by atoms with Gasteiger partial charge in [0.25, 0.3) is 0 Å². The molecule has 1 saturated heterocycles. The lowest BCUT2D eigenvalue weighted by atomic mass is 9.81. The van der Waals surface area contributed by atoms with Crippen LogP contribution in [0.3, 0.4) is 0 Å². The van der Waals surface area contributed by atoms with E-state index in [9.17, 15) is 0 Å². The van der Waals surface area contributed by atoms with Crippen molar-refractivity contribution in [2.75, 3.05) is 24.5 Å². The van der Waals surface area contributed by atoms with Crippen molar-refractivity contribution >= 4 is 16.5 Å². The molecule has 1 aromatic heterocycles. The van der Waals surface area contributed by atoms with E-state index in [0.717, 1.165) is 42.6 Å². The van der Waals surface area contributed by atoms with Gasteiger partial charge in [0.2, 0.25) is 5.13 Å². The highest BCUT2D eigenvalue weighted by Crippen LogP contribution is 2.32. The molecule has 1 aromatic rings. The topological polar surface area (TPSA) is 55.0 Å². The third-order valence-corrected chi connectivity index (χ3v) is 4.15. The van der Waals surface area contributed by atoms with Crippen LogP contribution in [-0.4, -0.2) is 29.8 Å². The molecule has 0 saturated carbocycles. The monoisotopic (exact) mass is 226 g/mol. The van der Waals surface area contributed by atoms with Gasteiger partial charge in [-0.15, -0.1) is 10.2 Å². The van der Waals surface area contributed by atoms with Crippen molar-refractivity contribution in [1.82, 2.24) is 10.2 Å². The maximum absolute atomic E-state index is 5.78. The highest BCUT2D eigenvalue weighted by molar-refractivity contribution is 7.15. The normalized spacial score (nSPS) is 20.6. The molecule has 0 aromatic carbocycles. The molecule has 1 aliphatic rings. The van der Waals surface area contributed by atoms with Gasteiger partial charge in [-0.05, 0) is 31.7 Å². The largest absolute Gasteiger partial charge is 0.347 e. The molecule has 0 aliphatic carbocycles. The van der Waals surface area contributed by atoms with E-state index in [1.807, 2.05) is 6.92 Å². The lowest BCUT2D eigenvalue weighted by Gasteiger charge is -2.38. The number of hydrogen-bond donors (Lipinski definition) is 1. The fourth-order valence-electron chi connectivity index (χ4n) is 1.86. The minimum Gasteiger partial charge on any atom is -0.347 e. The second-order valence-corrected chi connectivity index (χ2v) is 5.77. The number of rotatable bonds is 2. The quantitative estimate of drug-likeness (QED) is 0.828. The van der Waals surface area contributed by atoms with Crippen LogP contribution in [0.25, 0.3) is 0 Å². The molecule has 1 fully saturated rings. The van der Waals surface area contributed by atoms with Gasteiger partial charge >= 0.3 is 0 Å². The molecule has 15 heavy (non-hydrogen) atoms. The fourth-order valence-corrected chi connectivity index (χ4v) is 2.60. The number of nitrogens with two attached hydrogens (primary N) is 1. The summed E-state index contributed by atoms with van der Waals surface area (Å²) in [4.78, 5) is 2.32. The SMILES string of the molecule is Cc1nnc(N2CCC(C)(CN)CC2)s1. The maximum atomic E-state index is 5.78. The van der Waals surface area contributed by atoms with Crippen LogP contribution < -0.4 is 10.6 Å². The Bertz CT molecular complexity index is 328. The zero-order valence-electron chi connectivity index (χ0n) is 9.36. The van der Waals surface area contributed by atoms with Crippen LogP contribution >= 0.6 is 11.3 Å². The maximum Gasteiger partial charge on any atom is 0.208 e. The van der Waals surface area contributed by atoms with E-state index in [2.05, 4.69) is 22.0 Å². The van der Waals surface area contributed by atoms with E-state index in [0.29, 0.717) is 5.41 Å². The van der Waals surface area contributed by atoms with Crippen molar-refractivity contribution in [2.45, 2.75) is 26.7 Å². The summed E-state index contributed by atoms with van der Waals surface area (Å²) < 4.78 is 0. The van der Waals surface area contributed by atoms with E-state index in [4.69, 9.17) is 5.73 Å². The summed E-state index contributed by atoms with van der Waals surface area (Å²) in [5, 5.41) is 10.3. The highest BCUT2D eigenvalue weighted by Gasteiger charge is 2.29. The molecular weight excluding hydrogens is 208 g/mol. The van der Waals surface area contributed by atoms with Gasteiger partial charge in [0.1, 0.15) is 5.01 Å². The lowest BCUT2D eigenvalue weighted by Crippen LogP contribution is -2.42. The molecule has 0 spiro atoms. The van der Waals surface area contributed by atoms with Crippen molar-refractivity contribution in [3.63, 3.8) is 0 Å². The number of aryl methyl sites for hydroxylation is 1. The first-order chi connectivity index (χ1) is 7.13. The van der Waals surface area contributed by atoms with Crippen LogP contribution in [0.5, 0.6) is 0 Å². The Balaban J connectivity index is 1.99. The third-order valence-electron chi connectivity index (χ3n) is 3.25.